The second-order valence-electron chi connectivity index (χ2n) is 7.40. The molecule has 0 radical (unpaired) electrons. The van der Waals surface area contributed by atoms with Crippen LogP contribution >= 0.6 is 0 Å². The number of carbonyl (C=O) groups is 2. The molecule has 1 aromatic heterocycles. The van der Waals surface area contributed by atoms with E-state index in [-0.39, 0.29) is 17.2 Å². The molecule has 1 N–H and O–H groups in total. The zero-order valence-corrected chi connectivity index (χ0v) is 18.1. The number of halogens is 2. The molecule has 0 aliphatic heterocycles. The first-order chi connectivity index (χ1) is 15.8. The van der Waals surface area contributed by atoms with Gasteiger partial charge in [-0.25, -0.2) is 14.3 Å². The standard InChI is InChI=1S/C25H20F2N2O4/c1-14(30)29(2)21-13-22-20(12-19(21)15-4-8-17(26)9-5-15)23(25(31)28-32-3)24(33-22)16-6-10-18(27)11-7-16/h4-13H,1-3H3,(H,28,31). The summed E-state index contributed by atoms with van der Waals surface area (Å²) in [4.78, 5) is 31.3. The maximum atomic E-state index is 13.5. The lowest BCUT2D eigenvalue weighted by Crippen LogP contribution is -2.23. The molecule has 4 aromatic rings. The van der Waals surface area contributed by atoms with Crippen LogP contribution in [0.2, 0.25) is 0 Å². The minimum Gasteiger partial charge on any atom is -0.455 e. The first kappa shape index (κ1) is 22.2. The summed E-state index contributed by atoms with van der Waals surface area (Å²) in [5.41, 5.74) is 5.05. The first-order valence-corrected chi connectivity index (χ1v) is 10.00. The number of amides is 2. The molecule has 0 bridgehead atoms. The molecule has 168 valence electrons. The molecule has 0 saturated carbocycles. The van der Waals surface area contributed by atoms with Gasteiger partial charge in [0.25, 0.3) is 5.91 Å². The van der Waals surface area contributed by atoms with E-state index in [9.17, 15) is 18.4 Å². The van der Waals surface area contributed by atoms with E-state index in [4.69, 9.17) is 9.25 Å². The van der Waals surface area contributed by atoms with Gasteiger partial charge in [-0.3, -0.25) is 14.4 Å². The molecule has 6 nitrogen and oxygen atoms in total. The number of furan rings is 1. The van der Waals surface area contributed by atoms with Crippen molar-refractivity contribution in [3.8, 4) is 22.5 Å². The van der Waals surface area contributed by atoms with Crippen molar-refractivity contribution in [3.63, 3.8) is 0 Å². The van der Waals surface area contributed by atoms with Crippen molar-refractivity contribution in [1.82, 2.24) is 5.48 Å². The number of rotatable bonds is 5. The monoisotopic (exact) mass is 450 g/mol. The van der Waals surface area contributed by atoms with Crippen molar-refractivity contribution in [2.45, 2.75) is 6.92 Å². The number of hydrogen-bond donors (Lipinski definition) is 1. The molecule has 0 fully saturated rings. The van der Waals surface area contributed by atoms with E-state index in [1.165, 1.54) is 55.3 Å². The number of anilines is 1. The summed E-state index contributed by atoms with van der Waals surface area (Å²) in [5.74, 6) is -1.40. The largest absolute Gasteiger partial charge is 0.455 e. The number of hydrogen-bond acceptors (Lipinski definition) is 4. The van der Waals surface area contributed by atoms with E-state index in [1.54, 1.807) is 31.3 Å². The van der Waals surface area contributed by atoms with Crippen LogP contribution in [0.25, 0.3) is 33.4 Å². The number of nitrogens with one attached hydrogen (secondary N) is 1. The lowest BCUT2D eigenvalue weighted by Gasteiger charge is -2.19. The average Bonchev–Trinajstić information content (AvgIpc) is 3.17. The summed E-state index contributed by atoms with van der Waals surface area (Å²) < 4.78 is 33.1. The molecule has 0 aliphatic rings. The molecule has 0 atom stereocenters. The number of fused-ring (bicyclic) bond motifs is 1. The summed E-state index contributed by atoms with van der Waals surface area (Å²) in [6.07, 6.45) is 0. The van der Waals surface area contributed by atoms with Crippen LogP contribution in [0.15, 0.2) is 65.1 Å². The summed E-state index contributed by atoms with van der Waals surface area (Å²) in [5, 5.41) is 0.448. The normalized spacial score (nSPS) is 10.9. The molecule has 3 aromatic carbocycles. The molecule has 4 rings (SSSR count). The Morgan fingerprint density at radius 3 is 2.06 bits per heavy atom. The second kappa shape index (κ2) is 8.84. The highest BCUT2D eigenvalue weighted by Crippen LogP contribution is 2.40. The Labute approximate surface area is 188 Å². The highest BCUT2D eigenvalue weighted by atomic mass is 19.1. The molecule has 33 heavy (non-hydrogen) atoms. The zero-order valence-electron chi connectivity index (χ0n) is 18.1. The highest BCUT2D eigenvalue weighted by molar-refractivity contribution is 6.13. The van der Waals surface area contributed by atoms with Crippen molar-refractivity contribution in [2.75, 3.05) is 19.1 Å². The van der Waals surface area contributed by atoms with Gasteiger partial charge in [0.1, 0.15) is 23.0 Å². The second-order valence-corrected chi connectivity index (χ2v) is 7.40. The van der Waals surface area contributed by atoms with E-state index >= 15 is 0 Å². The SMILES string of the molecule is CONC(=O)c1c(-c2ccc(F)cc2)oc2cc(N(C)C(C)=O)c(-c3ccc(F)cc3)cc12. The topological polar surface area (TPSA) is 71.8 Å². The van der Waals surface area contributed by atoms with Crippen molar-refractivity contribution in [2.24, 2.45) is 0 Å². The van der Waals surface area contributed by atoms with Crippen molar-refractivity contribution in [1.29, 1.82) is 0 Å². The Balaban J connectivity index is 2.04. The maximum Gasteiger partial charge on any atom is 0.279 e. The third-order valence-corrected chi connectivity index (χ3v) is 5.32. The van der Waals surface area contributed by atoms with Crippen molar-refractivity contribution >= 4 is 28.5 Å². The highest BCUT2D eigenvalue weighted by Gasteiger charge is 2.25. The molecule has 0 unspecified atom stereocenters. The fourth-order valence-electron chi connectivity index (χ4n) is 3.61. The number of carbonyl (C=O) groups excluding carboxylic acids is 2. The predicted octanol–water partition coefficient (Wildman–Crippen LogP) is 5.32. The van der Waals surface area contributed by atoms with Gasteiger partial charge in [-0.05, 0) is 48.0 Å². The van der Waals surface area contributed by atoms with Gasteiger partial charge in [0, 0.05) is 36.6 Å². The molecule has 8 heteroatoms. The summed E-state index contributed by atoms with van der Waals surface area (Å²) in [6, 6.07) is 14.7. The minimum absolute atomic E-state index is 0.179. The number of hydroxylamine groups is 1. The van der Waals surface area contributed by atoms with Crippen LogP contribution in [0.1, 0.15) is 17.3 Å². The zero-order chi connectivity index (χ0) is 23.7. The Morgan fingerprint density at radius 1 is 0.939 bits per heavy atom. The quantitative estimate of drug-likeness (QED) is 0.418. The Bertz CT molecular complexity index is 1350. The molecule has 0 saturated heterocycles. The fourth-order valence-corrected chi connectivity index (χ4v) is 3.61. The van der Waals surface area contributed by atoms with Gasteiger partial charge in [-0.15, -0.1) is 0 Å². The van der Waals surface area contributed by atoms with Crippen LogP contribution < -0.4 is 10.4 Å². The predicted molar refractivity (Wildman–Crippen MR) is 121 cm³/mol. The maximum absolute atomic E-state index is 13.5. The van der Waals surface area contributed by atoms with E-state index in [1.807, 2.05) is 0 Å². The molecular weight excluding hydrogens is 430 g/mol. The van der Waals surface area contributed by atoms with Crippen LogP contribution in [0.5, 0.6) is 0 Å². The average molecular weight is 450 g/mol. The van der Waals surface area contributed by atoms with Gasteiger partial charge < -0.3 is 9.32 Å². The number of nitrogens with zero attached hydrogens (tertiary/aromatic N) is 1. The summed E-state index contributed by atoms with van der Waals surface area (Å²) in [6.45, 7) is 1.42. The van der Waals surface area contributed by atoms with Gasteiger partial charge >= 0.3 is 0 Å². The number of benzene rings is 3. The molecule has 2 amide bonds. The van der Waals surface area contributed by atoms with E-state index in [0.29, 0.717) is 33.3 Å². The Kier molecular flexibility index (Phi) is 5.93. The third kappa shape index (κ3) is 4.20. The van der Waals surface area contributed by atoms with Crippen LogP contribution in [0, 0.1) is 11.6 Å². The summed E-state index contributed by atoms with van der Waals surface area (Å²) in [7, 11) is 2.92. The molecular formula is C25H20F2N2O4. The third-order valence-electron chi connectivity index (χ3n) is 5.32. The van der Waals surface area contributed by atoms with Crippen molar-refractivity contribution in [3.05, 3.63) is 77.9 Å². The van der Waals surface area contributed by atoms with Crippen LogP contribution in [-0.4, -0.2) is 26.0 Å². The Morgan fingerprint density at radius 2 is 1.52 bits per heavy atom. The minimum atomic E-state index is -0.562. The van der Waals surface area contributed by atoms with E-state index in [0.717, 1.165) is 0 Å². The molecule has 0 spiro atoms. The van der Waals surface area contributed by atoms with Gasteiger partial charge in [0.15, 0.2) is 0 Å². The van der Waals surface area contributed by atoms with Crippen LogP contribution in [0.4, 0.5) is 14.5 Å². The lowest BCUT2D eigenvalue weighted by molar-refractivity contribution is -0.116. The summed E-state index contributed by atoms with van der Waals surface area (Å²) >= 11 is 0. The fraction of sp³-hybridized carbons (Fsp3) is 0.120. The van der Waals surface area contributed by atoms with Gasteiger partial charge in [0.2, 0.25) is 5.91 Å². The molecule has 0 aliphatic carbocycles. The van der Waals surface area contributed by atoms with E-state index < -0.39 is 17.5 Å². The molecule has 1 heterocycles. The lowest BCUT2D eigenvalue weighted by atomic mass is 9.98. The Hall–Kier alpha value is -4.04. The van der Waals surface area contributed by atoms with Crippen molar-refractivity contribution < 1.29 is 27.6 Å². The first-order valence-electron chi connectivity index (χ1n) is 10.00. The van der Waals surface area contributed by atoms with Gasteiger partial charge in [0.05, 0.1) is 18.4 Å². The van der Waals surface area contributed by atoms with Gasteiger partial charge in [-0.2, -0.15) is 0 Å². The van der Waals surface area contributed by atoms with E-state index in [2.05, 4.69) is 5.48 Å². The van der Waals surface area contributed by atoms with Gasteiger partial charge in [-0.1, -0.05) is 12.1 Å². The van der Waals surface area contributed by atoms with Crippen LogP contribution in [-0.2, 0) is 9.63 Å². The smallest absolute Gasteiger partial charge is 0.279 e. The van der Waals surface area contributed by atoms with Crippen LogP contribution in [0.3, 0.4) is 0 Å².